The van der Waals surface area contributed by atoms with Crippen LogP contribution >= 0.6 is 23.1 Å². The number of amides is 1. The van der Waals surface area contributed by atoms with Gasteiger partial charge in [-0.05, 0) is 12.5 Å². The first-order chi connectivity index (χ1) is 11.7. The van der Waals surface area contributed by atoms with E-state index in [4.69, 9.17) is 0 Å². The summed E-state index contributed by atoms with van der Waals surface area (Å²) in [5, 5.41) is 5.39. The van der Waals surface area contributed by atoms with Gasteiger partial charge in [0.25, 0.3) is 0 Å². The maximum absolute atomic E-state index is 12.3. The van der Waals surface area contributed by atoms with Crippen LogP contribution in [0.2, 0.25) is 0 Å². The number of carbonyl (C=O) groups excluding carboxylic acids is 1. The van der Waals surface area contributed by atoms with E-state index in [0.29, 0.717) is 5.13 Å². The van der Waals surface area contributed by atoms with Gasteiger partial charge in [0.05, 0.1) is 10.9 Å². The lowest BCUT2D eigenvalue weighted by Crippen LogP contribution is -2.22. The third kappa shape index (κ3) is 4.46. The van der Waals surface area contributed by atoms with Crippen molar-refractivity contribution in [3.05, 3.63) is 71.6 Å². The third-order valence-corrected chi connectivity index (χ3v) is 5.49. The fraction of sp³-hybridized carbons (Fsp3) is 0.158. The molecule has 0 aliphatic rings. The summed E-state index contributed by atoms with van der Waals surface area (Å²) in [6.07, 6.45) is 0. The van der Waals surface area contributed by atoms with Crippen LogP contribution in [0.3, 0.4) is 0 Å². The van der Waals surface area contributed by atoms with Crippen molar-refractivity contribution in [2.75, 3.05) is 5.32 Å². The van der Waals surface area contributed by atoms with E-state index in [1.807, 2.05) is 60.8 Å². The number of hydrogen-bond donors (Lipinski definition) is 1. The number of hydrogen-bond acceptors (Lipinski definition) is 4. The summed E-state index contributed by atoms with van der Waals surface area (Å²) in [5.74, 6) is 0.813. The average Bonchev–Trinajstić information content (AvgIpc) is 3.10. The molecule has 1 N–H and O–H groups in total. The largest absolute Gasteiger partial charge is 0.301 e. The highest BCUT2D eigenvalue weighted by atomic mass is 32.2. The number of nitrogens with zero attached hydrogens (tertiary/aromatic N) is 1. The number of benzene rings is 2. The molecule has 1 aromatic heterocycles. The second kappa shape index (κ2) is 8.13. The molecule has 3 rings (SSSR count). The van der Waals surface area contributed by atoms with Crippen LogP contribution in [-0.4, -0.2) is 16.1 Å². The van der Waals surface area contributed by atoms with Crippen LogP contribution < -0.4 is 5.32 Å². The van der Waals surface area contributed by atoms with E-state index in [1.54, 1.807) is 11.8 Å². The molecule has 0 radical (unpaired) electrons. The van der Waals surface area contributed by atoms with Crippen molar-refractivity contribution in [1.82, 2.24) is 4.98 Å². The number of nitrogens with one attached hydrogen (secondary N) is 1. The molecule has 0 aliphatic carbocycles. The second-order valence-electron chi connectivity index (χ2n) is 5.33. The number of rotatable bonds is 6. The number of anilines is 1. The molecule has 0 bridgehead atoms. The van der Waals surface area contributed by atoms with Crippen molar-refractivity contribution in [1.29, 1.82) is 0 Å². The van der Waals surface area contributed by atoms with E-state index in [1.165, 1.54) is 16.9 Å². The SMILES string of the molecule is CC(SCc1ccccc1)C(=O)Nc1nc(-c2ccccc2)cs1. The fourth-order valence-electron chi connectivity index (χ4n) is 2.15. The zero-order valence-corrected chi connectivity index (χ0v) is 14.9. The van der Waals surface area contributed by atoms with Gasteiger partial charge in [0.1, 0.15) is 0 Å². The van der Waals surface area contributed by atoms with Gasteiger partial charge < -0.3 is 5.32 Å². The highest BCUT2D eigenvalue weighted by Crippen LogP contribution is 2.25. The summed E-state index contributed by atoms with van der Waals surface area (Å²) in [7, 11) is 0. The van der Waals surface area contributed by atoms with Gasteiger partial charge in [-0.25, -0.2) is 4.98 Å². The van der Waals surface area contributed by atoms with E-state index in [0.717, 1.165) is 17.0 Å². The molecule has 2 aromatic carbocycles. The second-order valence-corrected chi connectivity index (χ2v) is 7.52. The summed E-state index contributed by atoms with van der Waals surface area (Å²) in [5.41, 5.74) is 3.17. The maximum Gasteiger partial charge on any atom is 0.238 e. The van der Waals surface area contributed by atoms with Gasteiger partial charge in [-0.15, -0.1) is 23.1 Å². The Morgan fingerprint density at radius 1 is 1.12 bits per heavy atom. The van der Waals surface area contributed by atoms with Crippen molar-refractivity contribution in [2.45, 2.75) is 17.9 Å². The van der Waals surface area contributed by atoms with E-state index >= 15 is 0 Å². The molecule has 122 valence electrons. The Morgan fingerprint density at radius 3 is 2.50 bits per heavy atom. The number of aromatic nitrogens is 1. The summed E-state index contributed by atoms with van der Waals surface area (Å²) in [6.45, 7) is 1.93. The Hall–Kier alpha value is -2.11. The molecular weight excluding hydrogens is 336 g/mol. The molecule has 1 unspecified atom stereocenters. The lowest BCUT2D eigenvalue weighted by atomic mass is 10.2. The Kier molecular flexibility index (Phi) is 5.67. The molecule has 1 amide bonds. The monoisotopic (exact) mass is 354 g/mol. The molecular formula is C19H18N2OS2. The normalized spacial score (nSPS) is 11.9. The molecule has 5 heteroatoms. The quantitative estimate of drug-likeness (QED) is 0.672. The van der Waals surface area contributed by atoms with Gasteiger partial charge in [-0.3, -0.25) is 4.79 Å². The number of carbonyl (C=O) groups is 1. The van der Waals surface area contributed by atoms with Crippen molar-refractivity contribution in [3.63, 3.8) is 0 Å². The first-order valence-corrected chi connectivity index (χ1v) is 9.62. The van der Waals surface area contributed by atoms with E-state index < -0.39 is 0 Å². The smallest absolute Gasteiger partial charge is 0.238 e. The minimum absolute atomic E-state index is 0.00936. The van der Waals surface area contributed by atoms with Crippen LogP contribution in [0, 0.1) is 0 Å². The van der Waals surface area contributed by atoms with E-state index in [2.05, 4.69) is 22.4 Å². The summed E-state index contributed by atoms with van der Waals surface area (Å²) >= 11 is 3.08. The first kappa shape index (κ1) is 16.7. The summed E-state index contributed by atoms with van der Waals surface area (Å²) in [6, 6.07) is 20.1. The topological polar surface area (TPSA) is 42.0 Å². The van der Waals surface area contributed by atoms with Crippen LogP contribution in [0.1, 0.15) is 12.5 Å². The summed E-state index contributed by atoms with van der Waals surface area (Å²) in [4.78, 5) is 16.8. The van der Waals surface area contributed by atoms with Crippen LogP contribution in [0.5, 0.6) is 0 Å². The van der Waals surface area contributed by atoms with Gasteiger partial charge in [0.15, 0.2) is 5.13 Å². The van der Waals surface area contributed by atoms with Gasteiger partial charge in [0.2, 0.25) is 5.91 Å². The van der Waals surface area contributed by atoms with Gasteiger partial charge in [0, 0.05) is 16.7 Å². The molecule has 3 nitrogen and oxygen atoms in total. The molecule has 0 aliphatic heterocycles. The van der Waals surface area contributed by atoms with Crippen LogP contribution in [0.25, 0.3) is 11.3 Å². The van der Waals surface area contributed by atoms with E-state index in [9.17, 15) is 4.79 Å². The number of thioether (sulfide) groups is 1. The standard InChI is InChI=1S/C19H18N2OS2/c1-14(23-12-15-8-4-2-5-9-15)18(22)21-19-20-17(13-24-19)16-10-6-3-7-11-16/h2-11,13-14H,12H2,1H3,(H,20,21,22). The molecule has 1 atom stereocenters. The molecule has 0 saturated carbocycles. The Labute approximate surface area is 150 Å². The maximum atomic E-state index is 12.3. The van der Waals surface area contributed by atoms with Crippen LogP contribution in [0.4, 0.5) is 5.13 Å². The van der Waals surface area contributed by atoms with Crippen molar-refractivity contribution < 1.29 is 4.79 Å². The van der Waals surface area contributed by atoms with Crippen molar-refractivity contribution >= 4 is 34.1 Å². The van der Waals surface area contributed by atoms with Gasteiger partial charge in [-0.1, -0.05) is 60.7 Å². The van der Waals surface area contributed by atoms with Gasteiger partial charge in [-0.2, -0.15) is 0 Å². The van der Waals surface area contributed by atoms with Crippen LogP contribution in [-0.2, 0) is 10.5 Å². The molecule has 1 heterocycles. The van der Waals surface area contributed by atoms with Gasteiger partial charge >= 0.3 is 0 Å². The predicted octanol–water partition coefficient (Wildman–Crippen LogP) is 5.07. The summed E-state index contributed by atoms with van der Waals surface area (Å²) < 4.78 is 0. The average molecular weight is 354 g/mol. The molecule has 0 spiro atoms. The zero-order chi connectivity index (χ0) is 16.8. The number of thiazole rings is 1. The minimum atomic E-state index is -0.130. The minimum Gasteiger partial charge on any atom is -0.301 e. The first-order valence-electron chi connectivity index (χ1n) is 7.70. The molecule has 24 heavy (non-hydrogen) atoms. The lowest BCUT2D eigenvalue weighted by Gasteiger charge is -2.10. The molecule has 0 fully saturated rings. The third-order valence-electron chi connectivity index (χ3n) is 3.52. The van der Waals surface area contributed by atoms with E-state index in [-0.39, 0.29) is 11.2 Å². The fourth-order valence-corrected chi connectivity index (χ4v) is 3.72. The lowest BCUT2D eigenvalue weighted by molar-refractivity contribution is -0.115. The molecule has 3 aromatic rings. The zero-order valence-electron chi connectivity index (χ0n) is 13.3. The highest BCUT2D eigenvalue weighted by molar-refractivity contribution is 7.99. The predicted molar refractivity (Wildman–Crippen MR) is 103 cm³/mol. The molecule has 0 saturated heterocycles. The van der Waals surface area contributed by atoms with Crippen molar-refractivity contribution in [2.24, 2.45) is 0 Å². The van der Waals surface area contributed by atoms with Crippen molar-refractivity contribution in [3.8, 4) is 11.3 Å². The van der Waals surface area contributed by atoms with Crippen LogP contribution in [0.15, 0.2) is 66.0 Å². The Bertz CT molecular complexity index is 787. The highest BCUT2D eigenvalue weighted by Gasteiger charge is 2.15. The Balaban J connectivity index is 1.55. The Morgan fingerprint density at radius 2 is 1.79 bits per heavy atom.